The monoisotopic (exact) mass is 237 g/mol. The summed E-state index contributed by atoms with van der Waals surface area (Å²) in [5.41, 5.74) is 4.09. The van der Waals surface area contributed by atoms with E-state index in [9.17, 15) is 12.8 Å². The van der Waals surface area contributed by atoms with Crippen molar-refractivity contribution in [3.8, 4) is 0 Å². The zero-order valence-electron chi connectivity index (χ0n) is 9.21. The van der Waals surface area contributed by atoms with Crippen molar-refractivity contribution in [2.75, 3.05) is 18.1 Å². The summed E-state index contributed by atoms with van der Waals surface area (Å²) in [6, 6.07) is 0. The van der Waals surface area contributed by atoms with Crippen LogP contribution in [-0.4, -0.2) is 32.1 Å². The van der Waals surface area contributed by atoms with Gasteiger partial charge >= 0.3 is 0 Å². The summed E-state index contributed by atoms with van der Waals surface area (Å²) in [4.78, 5) is 0. The van der Waals surface area contributed by atoms with Gasteiger partial charge in [-0.15, -0.1) is 0 Å². The Morgan fingerprint density at radius 3 is 2.47 bits per heavy atom. The van der Waals surface area contributed by atoms with Crippen LogP contribution in [0.1, 0.15) is 32.6 Å². The van der Waals surface area contributed by atoms with Crippen LogP contribution in [0.2, 0.25) is 0 Å². The summed E-state index contributed by atoms with van der Waals surface area (Å²) in [5.74, 6) is 0.298. The Kier molecular flexibility index (Phi) is 4.12. The molecule has 0 aromatic rings. The standard InChI is InChI=1S/C10H20FNO2S/c1-2-15(13,14)7-3-6-10(11,8-12)9-4-5-9/h9H,2-8,12H2,1H3. The summed E-state index contributed by atoms with van der Waals surface area (Å²) in [5, 5.41) is 0. The summed E-state index contributed by atoms with van der Waals surface area (Å²) in [6.45, 7) is 1.63. The summed E-state index contributed by atoms with van der Waals surface area (Å²) in [7, 11) is -2.96. The maximum Gasteiger partial charge on any atom is 0.150 e. The van der Waals surface area contributed by atoms with Crippen LogP contribution >= 0.6 is 0 Å². The summed E-state index contributed by atoms with van der Waals surface area (Å²) < 4.78 is 36.5. The van der Waals surface area contributed by atoms with Gasteiger partial charge in [0.15, 0.2) is 0 Å². The first kappa shape index (κ1) is 12.9. The van der Waals surface area contributed by atoms with Gasteiger partial charge in [-0.1, -0.05) is 6.92 Å². The molecule has 0 aromatic heterocycles. The molecule has 0 aliphatic heterocycles. The lowest BCUT2D eigenvalue weighted by Gasteiger charge is -2.23. The maximum absolute atomic E-state index is 14.1. The van der Waals surface area contributed by atoms with E-state index in [0.29, 0.717) is 6.42 Å². The van der Waals surface area contributed by atoms with E-state index in [1.54, 1.807) is 6.92 Å². The van der Waals surface area contributed by atoms with Crippen LogP contribution in [0.25, 0.3) is 0 Å². The zero-order chi connectivity index (χ0) is 11.5. The van der Waals surface area contributed by atoms with Crippen molar-refractivity contribution in [1.29, 1.82) is 0 Å². The molecule has 1 atom stereocenters. The first-order chi connectivity index (χ1) is 6.93. The number of sulfone groups is 1. The highest BCUT2D eigenvalue weighted by Crippen LogP contribution is 2.44. The lowest BCUT2D eigenvalue weighted by Crippen LogP contribution is -2.35. The van der Waals surface area contributed by atoms with Crippen molar-refractivity contribution in [2.24, 2.45) is 11.7 Å². The number of nitrogens with two attached hydrogens (primary N) is 1. The molecular weight excluding hydrogens is 217 g/mol. The second kappa shape index (κ2) is 4.78. The largest absolute Gasteiger partial charge is 0.328 e. The first-order valence-electron chi connectivity index (χ1n) is 5.53. The van der Waals surface area contributed by atoms with Gasteiger partial charge in [0, 0.05) is 12.3 Å². The van der Waals surface area contributed by atoms with Crippen LogP contribution in [0.15, 0.2) is 0 Å². The summed E-state index contributed by atoms with van der Waals surface area (Å²) in [6.07, 6.45) is 2.47. The molecule has 0 saturated heterocycles. The highest BCUT2D eigenvalue weighted by Gasteiger charge is 2.44. The molecule has 0 amide bonds. The van der Waals surface area contributed by atoms with Gasteiger partial charge in [-0.2, -0.15) is 0 Å². The Bertz CT molecular complexity index is 301. The minimum Gasteiger partial charge on any atom is -0.328 e. The molecular formula is C10H20FNO2S. The Labute approximate surface area is 91.1 Å². The molecule has 1 unspecified atom stereocenters. The average molecular weight is 237 g/mol. The minimum absolute atomic E-state index is 0.0177. The Morgan fingerprint density at radius 1 is 1.47 bits per heavy atom. The highest BCUT2D eigenvalue weighted by molar-refractivity contribution is 7.91. The lowest BCUT2D eigenvalue weighted by atomic mass is 9.95. The number of hydrogen-bond donors (Lipinski definition) is 1. The predicted octanol–water partition coefficient (Wildman–Crippen LogP) is 1.28. The number of hydrogen-bond acceptors (Lipinski definition) is 3. The topological polar surface area (TPSA) is 60.2 Å². The maximum atomic E-state index is 14.1. The molecule has 0 bridgehead atoms. The van der Waals surface area contributed by atoms with Crippen molar-refractivity contribution in [3.05, 3.63) is 0 Å². The number of rotatable bonds is 7. The average Bonchev–Trinajstić information content (AvgIpc) is 3.01. The molecule has 1 saturated carbocycles. The first-order valence-corrected chi connectivity index (χ1v) is 7.35. The zero-order valence-corrected chi connectivity index (χ0v) is 10.0. The molecule has 1 aliphatic carbocycles. The van der Waals surface area contributed by atoms with Crippen molar-refractivity contribution in [1.82, 2.24) is 0 Å². The molecule has 1 rings (SSSR count). The third kappa shape index (κ3) is 3.72. The van der Waals surface area contributed by atoms with Crippen LogP contribution < -0.4 is 5.73 Å². The SMILES string of the molecule is CCS(=O)(=O)CCCC(F)(CN)C1CC1. The normalized spacial score (nSPS) is 21.3. The smallest absolute Gasteiger partial charge is 0.150 e. The molecule has 5 heteroatoms. The van der Waals surface area contributed by atoms with E-state index < -0.39 is 15.5 Å². The molecule has 1 aliphatic rings. The Morgan fingerprint density at radius 2 is 2.07 bits per heavy atom. The van der Waals surface area contributed by atoms with Crippen LogP contribution in [0, 0.1) is 5.92 Å². The molecule has 90 valence electrons. The van der Waals surface area contributed by atoms with Gasteiger partial charge in [0.2, 0.25) is 0 Å². The van der Waals surface area contributed by atoms with E-state index in [2.05, 4.69) is 0 Å². The Hall–Kier alpha value is -0.160. The second-order valence-corrected chi connectivity index (χ2v) is 6.83. The molecule has 15 heavy (non-hydrogen) atoms. The molecule has 3 nitrogen and oxygen atoms in total. The lowest BCUT2D eigenvalue weighted by molar-refractivity contribution is 0.129. The van der Waals surface area contributed by atoms with Crippen molar-refractivity contribution in [2.45, 2.75) is 38.3 Å². The summed E-state index contributed by atoms with van der Waals surface area (Å²) >= 11 is 0. The predicted molar refractivity (Wildman–Crippen MR) is 59.2 cm³/mol. The quantitative estimate of drug-likeness (QED) is 0.725. The van der Waals surface area contributed by atoms with Crippen LogP contribution in [-0.2, 0) is 9.84 Å². The van der Waals surface area contributed by atoms with E-state index in [0.717, 1.165) is 12.8 Å². The minimum atomic E-state index is -2.96. The van der Waals surface area contributed by atoms with Crippen LogP contribution in [0.5, 0.6) is 0 Å². The van der Waals surface area contributed by atoms with Gasteiger partial charge in [0.1, 0.15) is 15.5 Å². The highest BCUT2D eigenvalue weighted by atomic mass is 32.2. The van der Waals surface area contributed by atoms with Crippen LogP contribution in [0.4, 0.5) is 4.39 Å². The van der Waals surface area contributed by atoms with Gasteiger partial charge < -0.3 is 5.73 Å². The van der Waals surface area contributed by atoms with Crippen LogP contribution in [0.3, 0.4) is 0 Å². The van der Waals surface area contributed by atoms with E-state index in [1.165, 1.54) is 0 Å². The van der Waals surface area contributed by atoms with Gasteiger partial charge in [0.25, 0.3) is 0 Å². The number of alkyl halides is 1. The van der Waals surface area contributed by atoms with Gasteiger partial charge in [-0.25, -0.2) is 12.8 Å². The fraction of sp³-hybridized carbons (Fsp3) is 1.00. The molecule has 0 radical (unpaired) electrons. The van der Waals surface area contributed by atoms with E-state index in [1.807, 2.05) is 0 Å². The Balaban J connectivity index is 2.35. The van der Waals surface area contributed by atoms with Crippen molar-refractivity contribution in [3.63, 3.8) is 0 Å². The second-order valence-electron chi connectivity index (χ2n) is 4.35. The van der Waals surface area contributed by atoms with Gasteiger partial charge in [-0.05, 0) is 31.6 Å². The van der Waals surface area contributed by atoms with E-state index >= 15 is 0 Å². The molecule has 0 heterocycles. The fourth-order valence-electron chi connectivity index (χ4n) is 1.80. The van der Waals surface area contributed by atoms with Crippen molar-refractivity contribution < 1.29 is 12.8 Å². The van der Waals surface area contributed by atoms with Gasteiger partial charge in [0.05, 0.1) is 5.75 Å². The van der Waals surface area contributed by atoms with Crippen molar-refractivity contribution >= 4 is 9.84 Å². The van der Waals surface area contributed by atoms with Gasteiger partial charge in [-0.3, -0.25) is 0 Å². The molecule has 0 aromatic carbocycles. The van der Waals surface area contributed by atoms with E-state index in [4.69, 9.17) is 5.73 Å². The molecule has 0 spiro atoms. The number of halogens is 1. The molecule has 2 N–H and O–H groups in total. The third-order valence-electron chi connectivity index (χ3n) is 3.14. The fourth-order valence-corrected chi connectivity index (χ4v) is 2.68. The molecule has 1 fully saturated rings. The third-order valence-corrected chi connectivity index (χ3v) is 4.93. The van der Waals surface area contributed by atoms with E-state index in [-0.39, 0.29) is 30.4 Å².